The van der Waals surface area contributed by atoms with Crippen LogP contribution in [0.1, 0.15) is 70.3 Å². The van der Waals surface area contributed by atoms with E-state index in [4.69, 9.17) is 21.3 Å². The molecule has 2 amide bonds. The molecule has 1 unspecified atom stereocenters. The Hall–Kier alpha value is -3.16. The number of benzene rings is 2. The maximum Gasteiger partial charge on any atom is 0.242 e. The summed E-state index contributed by atoms with van der Waals surface area (Å²) in [5.41, 5.74) is 4.11. The Labute approximate surface area is 241 Å². The molecule has 1 aromatic heterocycles. The number of carbonyl (C=O) groups excluding carboxylic acids is 2. The standard InChI is InChI=1S/C32H39ClN4O3/c1-5-34-29(38)28(20(2)3)37-30(39)32(14-16-40-17-15-32)21-10-11-25-26(18-21)36-27(35-25)19-23(31(4)12-13-31)22-8-6-7-9-24(22)33/h6-11,18-20,28H,5,12-17H2,1-4H3,(H,34,38)(H,35,36)(H,37,39)/b23-19-. The van der Waals surface area contributed by atoms with Gasteiger partial charge in [0.05, 0.1) is 16.4 Å². The first-order valence-electron chi connectivity index (χ1n) is 14.3. The molecule has 8 heteroatoms. The van der Waals surface area contributed by atoms with Crippen LogP contribution in [-0.2, 0) is 19.7 Å². The average molecular weight is 563 g/mol. The molecule has 5 rings (SSSR count). The Morgan fingerprint density at radius 2 is 1.85 bits per heavy atom. The van der Waals surface area contributed by atoms with Crippen molar-refractivity contribution in [3.63, 3.8) is 0 Å². The zero-order valence-corrected chi connectivity index (χ0v) is 24.5. The molecule has 3 N–H and O–H groups in total. The van der Waals surface area contributed by atoms with Gasteiger partial charge >= 0.3 is 0 Å². The number of rotatable bonds is 9. The van der Waals surface area contributed by atoms with Gasteiger partial charge in [-0.05, 0) is 84.9 Å². The van der Waals surface area contributed by atoms with Gasteiger partial charge in [0.2, 0.25) is 11.8 Å². The van der Waals surface area contributed by atoms with E-state index in [1.807, 2.05) is 57.2 Å². The Balaban J connectivity index is 1.50. The predicted octanol–water partition coefficient (Wildman–Crippen LogP) is 5.88. The van der Waals surface area contributed by atoms with Gasteiger partial charge in [-0.1, -0.05) is 56.6 Å². The molecule has 0 bridgehead atoms. The molecule has 7 nitrogen and oxygen atoms in total. The van der Waals surface area contributed by atoms with Crippen molar-refractivity contribution in [1.82, 2.24) is 20.6 Å². The molecule has 3 aromatic rings. The van der Waals surface area contributed by atoms with Gasteiger partial charge < -0.3 is 20.4 Å². The Morgan fingerprint density at radius 1 is 1.12 bits per heavy atom. The highest BCUT2D eigenvalue weighted by Gasteiger charge is 2.44. The molecule has 2 fully saturated rings. The molecule has 212 valence electrons. The number of nitrogens with one attached hydrogen (secondary N) is 3. The largest absolute Gasteiger partial charge is 0.381 e. The van der Waals surface area contributed by atoms with Crippen molar-refractivity contribution in [1.29, 1.82) is 0 Å². The number of aromatic nitrogens is 2. The third-order valence-electron chi connectivity index (χ3n) is 8.52. The second kappa shape index (κ2) is 11.4. The topological polar surface area (TPSA) is 96.1 Å². The molecular formula is C32H39ClN4O3. The maximum atomic E-state index is 13.9. The molecule has 2 heterocycles. The number of likely N-dealkylation sites (N-methyl/N-ethyl adjacent to an activating group) is 1. The predicted molar refractivity (Wildman–Crippen MR) is 160 cm³/mol. The van der Waals surface area contributed by atoms with Crippen LogP contribution in [-0.4, -0.2) is 47.6 Å². The van der Waals surface area contributed by atoms with E-state index in [0.29, 0.717) is 32.6 Å². The van der Waals surface area contributed by atoms with E-state index in [1.54, 1.807) is 0 Å². The smallest absolute Gasteiger partial charge is 0.242 e. The minimum atomic E-state index is -0.794. The lowest BCUT2D eigenvalue weighted by Gasteiger charge is -2.37. The van der Waals surface area contributed by atoms with Crippen LogP contribution in [0.15, 0.2) is 42.5 Å². The SMILES string of the molecule is CCNC(=O)C(NC(=O)C1(c2ccc3nc(/C=C(/c4ccccc4Cl)C4(C)CC4)[nH]c3c2)CCOCC1)C(C)C. The third-order valence-corrected chi connectivity index (χ3v) is 8.85. The number of allylic oxidation sites excluding steroid dienone is 1. The normalized spacial score (nSPS) is 18.9. The molecule has 2 aromatic carbocycles. The van der Waals surface area contributed by atoms with E-state index in [2.05, 4.69) is 34.7 Å². The maximum absolute atomic E-state index is 13.9. The summed E-state index contributed by atoms with van der Waals surface area (Å²) in [6.45, 7) is 9.51. The lowest BCUT2D eigenvalue weighted by atomic mass is 9.73. The minimum Gasteiger partial charge on any atom is -0.381 e. The first-order chi connectivity index (χ1) is 19.2. The lowest BCUT2D eigenvalue weighted by Crippen LogP contribution is -2.56. The van der Waals surface area contributed by atoms with Gasteiger partial charge in [0.1, 0.15) is 11.9 Å². The van der Waals surface area contributed by atoms with Crippen LogP contribution in [0.2, 0.25) is 5.02 Å². The number of halogens is 1. The van der Waals surface area contributed by atoms with Gasteiger partial charge in [-0.25, -0.2) is 4.98 Å². The van der Waals surface area contributed by atoms with Crippen molar-refractivity contribution in [2.75, 3.05) is 19.8 Å². The van der Waals surface area contributed by atoms with E-state index in [0.717, 1.165) is 45.8 Å². The number of amides is 2. The Bertz CT molecular complexity index is 1430. The van der Waals surface area contributed by atoms with Gasteiger partial charge in [0, 0.05) is 24.8 Å². The molecule has 0 spiro atoms. The Morgan fingerprint density at radius 3 is 2.50 bits per heavy atom. The lowest BCUT2D eigenvalue weighted by molar-refractivity contribution is -0.135. The Kier molecular flexibility index (Phi) is 8.07. The molecule has 1 aliphatic heterocycles. The first-order valence-corrected chi connectivity index (χ1v) is 14.7. The fourth-order valence-electron chi connectivity index (χ4n) is 5.71. The molecule has 2 aliphatic rings. The summed E-state index contributed by atoms with van der Waals surface area (Å²) >= 11 is 6.60. The highest BCUT2D eigenvalue weighted by atomic mass is 35.5. The number of hydrogen-bond donors (Lipinski definition) is 3. The zero-order valence-electron chi connectivity index (χ0n) is 23.8. The summed E-state index contributed by atoms with van der Waals surface area (Å²) in [7, 11) is 0. The van der Waals surface area contributed by atoms with E-state index >= 15 is 0 Å². The number of aromatic amines is 1. The molecule has 1 aliphatic carbocycles. The zero-order chi connectivity index (χ0) is 28.5. The number of fused-ring (bicyclic) bond motifs is 1. The van der Waals surface area contributed by atoms with Crippen molar-refractivity contribution < 1.29 is 14.3 Å². The number of ether oxygens (including phenoxy) is 1. The van der Waals surface area contributed by atoms with Crippen LogP contribution in [0.4, 0.5) is 0 Å². The van der Waals surface area contributed by atoms with Crippen molar-refractivity contribution in [3.8, 4) is 0 Å². The molecule has 1 atom stereocenters. The monoisotopic (exact) mass is 562 g/mol. The van der Waals surface area contributed by atoms with Crippen LogP contribution in [0.25, 0.3) is 22.7 Å². The minimum absolute atomic E-state index is 0.0440. The number of hydrogen-bond acceptors (Lipinski definition) is 4. The van der Waals surface area contributed by atoms with Crippen LogP contribution < -0.4 is 10.6 Å². The van der Waals surface area contributed by atoms with Crippen LogP contribution in [0.3, 0.4) is 0 Å². The van der Waals surface area contributed by atoms with Gasteiger partial charge in [0.25, 0.3) is 0 Å². The summed E-state index contributed by atoms with van der Waals surface area (Å²) in [4.78, 5) is 35.0. The van der Waals surface area contributed by atoms with E-state index in [1.165, 1.54) is 5.57 Å². The van der Waals surface area contributed by atoms with Gasteiger partial charge in [-0.15, -0.1) is 0 Å². The van der Waals surface area contributed by atoms with Crippen LogP contribution >= 0.6 is 11.6 Å². The molecular weight excluding hydrogens is 524 g/mol. The average Bonchev–Trinajstić information content (AvgIpc) is 3.56. The summed E-state index contributed by atoms with van der Waals surface area (Å²) in [6, 6.07) is 13.4. The summed E-state index contributed by atoms with van der Waals surface area (Å²) in [5.74, 6) is 0.420. The summed E-state index contributed by atoms with van der Waals surface area (Å²) in [6.07, 6.45) is 5.43. The van der Waals surface area contributed by atoms with Crippen LogP contribution in [0, 0.1) is 11.3 Å². The van der Waals surface area contributed by atoms with Crippen molar-refractivity contribution in [3.05, 3.63) is 64.4 Å². The fourth-order valence-corrected chi connectivity index (χ4v) is 5.95. The quantitative estimate of drug-likeness (QED) is 0.303. The molecule has 1 saturated carbocycles. The van der Waals surface area contributed by atoms with Crippen molar-refractivity contribution in [2.24, 2.45) is 11.3 Å². The fraction of sp³-hybridized carbons (Fsp3) is 0.469. The number of imidazole rings is 1. The highest BCUT2D eigenvalue weighted by molar-refractivity contribution is 6.32. The third kappa shape index (κ3) is 5.54. The first kappa shape index (κ1) is 28.4. The van der Waals surface area contributed by atoms with E-state index in [9.17, 15) is 9.59 Å². The van der Waals surface area contributed by atoms with Gasteiger partial charge in [-0.3, -0.25) is 9.59 Å². The molecule has 40 heavy (non-hydrogen) atoms. The number of H-pyrrole nitrogens is 1. The number of carbonyl (C=O) groups is 2. The summed E-state index contributed by atoms with van der Waals surface area (Å²) in [5, 5.41) is 6.67. The van der Waals surface area contributed by atoms with E-state index < -0.39 is 11.5 Å². The number of nitrogens with zero attached hydrogens (tertiary/aromatic N) is 1. The molecule has 1 saturated heterocycles. The highest BCUT2D eigenvalue weighted by Crippen LogP contribution is 2.56. The van der Waals surface area contributed by atoms with E-state index in [-0.39, 0.29) is 23.1 Å². The second-order valence-electron chi connectivity index (χ2n) is 11.7. The van der Waals surface area contributed by atoms with Gasteiger partial charge in [0.15, 0.2) is 0 Å². The second-order valence-corrected chi connectivity index (χ2v) is 12.1. The summed E-state index contributed by atoms with van der Waals surface area (Å²) < 4.78 is 5.66. The van der Waals surface area contributed by atoms with Crippen LogP contribution in [0.5, 0.6) is 0 Å². The van der Waals surface area contributed by atoms with Gasteiger partial charge in [-0.2, -0.15) is 0 Å². The van der Waals surface area contributed by atoms with Crippen molar-refractivity contribution in [2.45, 2.75) is 64.8 Å². The van der Waals surface area contributed by atoms with Crippen molar-refractivity contribution >= 4 is 46.1 Å². The molecule has 0 radical (unpaired) electrons.